The number of nitrogens with zero attached hydrogens (tertiary/aromatic N) is 1. The topological polar surface area (TPSA) is 24.8 Å². The Bertz CT molecular complexity index is 494. The highest BCUT2D eigenvalue weighted by molar-refractivity contribution is 5.79. The molecule has 3 nitrogen and oxygen atoms in total. The first-order valence-electron chi connectivity index (χ1n) is 8.40. The van der Waals surface area contributed by atoms with Crippen molar-refractivity contribution in [3.63, 3.8) is 0 Å². The summed E-state index contributed by atoms with van der Waals surface area (Å²) in [7, 11) is 0. The summed E-state index contributed by atoms with van der Waals surface area (Å²) in [6, 6.07) is 8.78. The molecule has 114 valence electrons. The number of nitrogens with one attached hydrogen (secondary N) is 1. The van der Waals surface area contributed by atoms with Gasteiger partial charge in [0.2, 0.25) is 5.91 Å². The van der Waals surface area contributed by atoms with Crippen LogP contribution < -0.4 is 4.90 Å². The first-order valence-corrected chi connectivity index (χ1v) is 8.40. The molecule has 1 unspecified atom stereocenters. The summed E-state index contributed by atoms with van der Waals surface area (Å²) in [6.07, 6.45) is 4.66. The van der Waals surface area contributed by atoms with Gasteiger partial charge in [-0.25, -0.2) is 0 Å². The van der Waals surface area contributed by atoms with Crippen molar-refractivity contribution < 1.29 is 9.69 Å². The lowest BCUT2D eigenvalue weighted by Crippen LogP contribution is -3.12. The zero-order chi connectivity index (χ0) is 14.7. The van der Waals surface area contributed by atoms with Crippen LogP contribution in [0.15, 0.2) is 24.3 Å². The monoisotopic (exact) mass is 287 g/mol. The van der Waals surface area contributed by atoms with E-state index in [0.717, 1.165) is 32.6 Å². The van der Waals surface area contributed by atoms with E-state index in [-0.39, 0.29) is 5.92 Å². The molecule has 0 bridgehead atoms. The summed E-state index contributed by atoms with van der Waals surface area (Å²) < 4.78 is 0. The minimum Gasteiger partial charge on any atom is -0.342 e. The van der Waals surface area contributed by atoms with Gasteiger partial charge in [0.25, 0.3) is 0 Å². The smallest absolute Gasteiger partial charge is 0.231 e. The third-order valence-corrected chi connectivity index (χ3v) is 4.92. The number of piperidine rings is 1. The van der Waals surface area contributed by atoms with Crippen LogP contribution in [0.3, 0.4) is 0 Å². The van der Waals surface area contributed by atoms with Crippen molar-refractivity contribution in [2.24, 2.45) is 5.92 Å². The molecule has 1 N–H and O–H groups in total. The van der Waals surface area contributed by atoms with Gasteiger partial charge in [-0.05, 0) is 32.6 Å². The highest BCUT2D eigenvalue weighted by Gasteiger charge is 2.32. The highest BCUT2D eigenvalue weighted by atomic mass is 16.2. The fraction of sp³-hybridized carbons (Fsp3) is 0.611. The summed E-state index contributed by atoms with van der Waals surface area (Å²) in [5.74, 6) is 0.686. The fourth-order valence-corrected chi connectivity index (χ4v) is 3.83. The van der Waals surface area contributed by atoms with Crippen molar-refractivity contribution in [1.82, 2.24) is 4.90 Å². The number of benzene rings is 1. The number of amides is 1. The predicted molar refractivity (Wildman–Crippen MR) is 84.1 cm³/mol. The molecule has 2 fully saturated rings. The maximum absolute atomic E-state index is 12.6. The van der Waals surface area contributed by atoms with Gasteiger partial charge < -0.3 is 9.80 Å². The number of carbonyl (C=O) groups excluding carboxylic acids is 1. The molecule has 2 aliphatic rings. The highest BCUT2D eigenvalue weighted by Crippen LogP contribution is 2.16. The fourth-order valence-electron chi connectivity index (χ4n) is 3.83. The van der Waals surface area contributed by atoms with E-state index in [1.165, 1.54) is 36.9 Å². The molecule has 3 heteroatoms. The first kappa shape index (κ1) is 14.6. The number of hydrogen-bond donors (Lipinski definition) is 1. The lowest BCUT2D eigenvalue weighted by atomic mass is 9.96. The molecule has 1 aromatic rings. The Kier molecular flexibility index (Phi) is 4.59. The Hall–Kier alpha value is -1.35. The predicted octanol–water partition coefficient (Wildman–Crippen LogP) is 1.41. The molecule has 3 rings (SSSR count). The molecule has 0 aromatic heterocycles. The molecule has 0 radical (unpaired) electrons. The Balaban J connectivity index is 1.59. The van der Waals surface area contributed by atoms with E-state index in [1.807, 2.05) is 0 Å². The zero-order valence-electron chi connectivity index (χ0n) is 13.1. The number of likely N-dealkylation sites (tertiary alicyclic amines) is 2. The van der Waals surface area contributed by atoms with Gasteiger partial charge in [0.05, 0.1) is 19.0 Å². The number of hydrogen-bond acceptors (Lipinski definition) is 1. The van der Waals surface area contributed by atoms with Crippen LogP contribution in [0.4, 0.5) is 0 Å². The van der Waals surface area contributed by atoms with Crippen LogP contribution in [-0.4, -0.2) is 37.0 Å². The quantitative estimate of drug-likeness (QED) is 0.893. The van der Waals surface area contributed by atoms with Crippen LogP contribution in [0.5, 0.6) is 0 Å². The normalized spacial score (nSPS) is 26.0. The molecule has 0 spiro atoms. The minimum atomic E-state index is 0.261. The molecule has 2 aliphatic heterocycles. The Morgan fingerprint density at radius 2 is 2.10 bits per heavy atom. The molecule has 2 atom stereocenters. The van der Waals surface area contributed by atoms with Gasteiger partial charge in [0, 0.05) is 18.7 Å². The average molecular weight is 287 g/mol. The van der Waals surface area contributed by atoms with E-state index in [0.29, 0.717) is 5.91 Å². The van der Waals surface area contributed by atoms with Crippen LogP contribution in [0.2, 0.25) is 0 Å². The van der Waals surface area contributed by atoms with Crippen molar-refractivity contribution in [1.29, 1.82) is 0 Å². The van der Waals surface area contributed by atoms with Crippen molar-refractivity contribution in [3.05, 3.63) is 35.4 Å². The van der Waals surface area contributed by atoms with E-state index in [1.54, 1.807) is 4.90 Å². The second-order valence-corrected chi connectivity index (χ2v) is 6.74. The maximum Gasteiger partial charge on any atom is 0.231 e. The largest absolute Gasteiger partial charge is 0.342 e. The second kappa shape index (κ2) is 6.61. The van der Waals surface area contributed by atoms with Crippen molar-refractivity contribution >= 4 is 5.91 Å². The van der Waals surface area contributed by atoms with E-state index in [4.69, 9.17) is 0 Å². The third kappa shape index (κ3) is 3.65. The summed E-state index contributed by atoms with van der Waals surface area (Å²) >= 11 is 0. The lowest BCUT2D eigenvalue weighted by Gasteiger charge is -2.31. The molecule has 2 heterocycles. The van der Waals surface area contributed by atoms with E-state index in [2.05, 4.69) is 36.1 Å². The Morgan fingerprint density at radius 3 is 2.86 bits per heavy atom. The van der Waals surface area contributed by atoms with Gasteiger partial charge in [-0.1, -0.05) is 29.8 Å². The van der Waals surface area contributed by atoms with Crippen LogP contribution in [0.25, 0.3) is 0 Å². The standard InChI is InChI=1S/C18H26N2O/c1-15-6-4-7-16(12-15)13-19-9-5-8-17(14-19)18(21)20-10-2-3-11-20/h4,6-7,12,17H,2-3,5,8-11,13-14H2,1H3/p+1/t17-/m1/s1. The molecule has 21 heavy (non-hydrogen) atoms. The molecule has 0 saturated carbocycles. The van der Waals surface area contributed by atoms with E-state index < -0.39 is 0 Å². The summed E-state index contributed by atoms with van der Waals surface area (Å²) in [4.78, 5) is 16.2. The molecular weight excluding hydrogens is 260 g/mol. The van der Waals surface area contributed by atoms with Crippen molar-refractivity contribution in [2.75, 3.05) is 26.2 Å². The Labute approximate surface area is 127 Å². The molecule has 1 amide bonds. The summed E-state index contributed by atoms with van der Waals surface area (Å²) in [6.45, 7) is 7.41. The van der Waals surface area contributed by atoms with Crippen LogP contribution >= 0.6 is 0 Å². The van der Waals surface area contributed by atoms with Crippen LogP contribution in [-0.2, 0) is 11.3 Å². The van der Waals surface area contributed by atoms with Crippen molar-refractivity contribution in [2.45, 2.75) is 39.2 Å². The molecule has 0 aliphatic carbocycles. The van der Waals surface area contributed by atoms with Gasteiger partial charge in [-0.2, -0.15) is 0 Å². The Morgan fingerprint density at radius 1 is 1.29 bits per heavy atom. The van der Waals surface area contributed by atoms with Crippen LogP contribution in [0, 0.1) is 12.8 Å². The molecule has 1 aromatic carbocycles. The summed E-state index contributed by atoms with van der Waals surface area (Å²) in [5.41, 5.74) is 2.73. The number of quaternary nitrogens is 1. The first-order chi connectivity index (χ1) is 10.2. The van der Waals surface area contributed by atoms with E-state index >= 15 is 0 Å². The van der Waals surface area contributed by atoms with Gasteiger partial charge in [-0.3, -0.25) is 4.79 Å². The van der Waals surface area contributed by atoms with Gasteiger partial charge in [-0.15, -0.1) is 0 Å². The van der Waals surface area contributed by atoms with Crippen molar-refractivity contribution in [3.8, 4) is 0 Å². The maximum atomic E-state index is 12.6. The third-order valence-electron chi connectivity index (χ3n) is 4.92. The number of aryl methyl sites for hydroxylation is 1. The van der Waals surface area contributed by atoms with Crippen LogP contribution in [0.1, 0.15) is 36.8 Å². The minimum absolute atomic E-state index is 0.261. The molecule has 2 saturated heterocycles. The number of rotatable bonds is 3. The number of carbonyl (C=O) groups is 1. The molecular formula is C18H27N2O+. The van der Waals surface area contributed by atoms with Gasteiger partial charge in [0.15, 0.2) is 0 Å². The second-order valence-electron chi connectivity index (χ2n) is 6.74. The zero-order valence-corrected chi connectivity index (χ0v) is 13.1. The van der Waals surface area contributed by atoms with Gasteiger partial charge >= 0.3 is 0 Å². The SMILES string of the molecule is Cc1cccc(C[NH+]2CCC[C@@H](C(=O)N3CCCC3)C2)c1. The van der Waals surface area contributed by atoms with Gasteiger partial charge in [0.1, 0.15) is 6.54 Å². The lowest BCUT2D eigenvalue weighted by molar-refractivity contribution is -0.921. The average Bonchev–Trinajstić information content (AvgIpc) is 3.01. The summed E-state index contributed by atoms with van der Waals surface area (Å²) in [5, 5.41) is 0. The van der Waals surface area contributed by atoms with E-state index in [9.17, 15) is 4.79 Å².